The molecule has 0 amide bonds. The second-order valence-corrected chi connectivity index (χ2v) is 16.9. The Hall–Kier alpha value is -4.18. The number of hydrogen-bond acceptors (Lipinski definition) is 9. The van der Waals surface area contributed by atoms with Crippen LogP contribution in [0.4, 0.5) is 0 Å². The number of carbonyl (C=O) groups is 2. The molecule has 264 valence electrons. The lowest BCUT2D eigenvalue weighted by molar-refractivity contribution is -0.00645. The zero-order valence-electron chi connectivity index (χ0n) is 30.1. The van der Waals surface area contributed by atoms with Crippen LogP contribution >= 0.6 is 34.0 Å². The topological polar surface area (TPSA) is 78.4 Å². The molecule has 9 heteroatoms. The van der Waals surface area contributed by atoms with Crippen LogP contribution in [-0.2, 0) is 9.47 Å². The van der Waals surface area contributed by atoms with E-state index in [2.05, 4.69) is 48.9 Å². The molecule has 51 heavy (non-hydrogen) atoms. The number of nitrogens with zero attached hydrogens (tertiary/aromatic N) is 2. The van der Waals surface area contributed by atoms with Crippen molar-refractivity contribution in [2.75, 3.05) is 0 Å². The zero-order chi connectivity index (χ0) is 36.2. The molecule has 0 fully saturated rings. The molecule has 0 aliphatic rings. The van der Waals surface area contributed by atoms with Gasteiger partial charge in [-0.1, -0.05) is 63.1 Å². The molecule has 0 unspecified atom stereocenters. The highest BCUT2D eigenvalue weighted by Gasteiger charge is 2.26. The highest BCUT2D eigenvalue weighted by Crippen LogP contribution is 2.47. The van der Waals surface area contributed by atoms with E-state index in [1.807, 2.05) is 52.0 Å². The second kappa shape index (κ2) is 15.6. The third-order valence-electron chi connectivity index (χ3n) is 8.81. The first-order valence-electron chi connectivity index (χ1n) is 17.6. The normalized spacial score (nSPS) is 12.0. The van der Waals surface area contributed by atoms with E-state index < -0.39 is 11.2 Å². The van der Waals surface area contributed by atoms with Gasteiger partial charge in [-0.25, -0.2) is 19.6 Å². The van der Waals surface area contributed by atoms with E-state index in [0.717, 1.165) is 80.2 Å². The standard InChI is InChI=1S/C42H44N2O4S3/c1-7-9-23-41(3,4)47-39(45)29-19-15-27(16-20-29)33-34(28-17-21-30(22-18-28)40(46)48-42(5,6)24-10-8-2)44-36-35(43-33)37(31-13-11-25-49-31)51-38(36)32-14-12-26-50-32/h11-22,25-26H,7-10,23-24H2,1-6H3. The van der Waals surface area contributed by atoms with E-state index in [0.29, 0.717) is 22.5 Å². The van der Waals surface area contributed by atoms with Crippen molar-refractivity contribution in [2.24, 2.45) is 0 Å². The summed E-state index contributed by atoms with van der Waals surface area (Å²) in [4.78, 5) is 41.5. The fourth-order valence-corrected chi connectivity index (χ4v) is 8.85. The summed E-state index contributed by atoms with van der Waals surface area (Å²) in [6.45, 7) is 12.1. The molecule has 2 aromatic carbocycles. The molecule has 6 aromatic rings. The van der Waals surface area contributed by atoms with Gasteiger partial charge in [0, 0.05) is 20.9 Å². The Morgan fingerprint density at radius 2 is 1.00 bits per heavy atom. The van der Waals surface area contributed by atoms with Gasteiger partial charge in [0.25, 0.3) is 0 Å². The molecule has 0 saturated heterocycles. The molecule has 6 nitrogen and oxygen atoms in total. The van der Waals surface area contributed by atoms with Crippen molar-refractivity contribution < 1.29 is 19.1 Å². The van der Waals surface area contributed by atoms with Crippen LogP contribution in [0.25, 0.3) is 53.1 Å². The van der Waals surface area contributed by atoms with Crippen LogP contribution in [0.1, 0.15) is 101 Å². The van der Waals surface area contributed by atoms with Crippen LogP contribution < -0.4 is 0 Å². The third kappa shape index (κ3) is 8.49. The molecule has 0 atom stereocenters. The van der Waals surface area contributed by atoms with Crippen LogP contribution in [0, 0.1) is 0 Å². The van der Waals surface area contributed by atoms with E-state index in [4.69, 9.17) is 19.4 Å². The van der Waals surface area contributed by atoms with Gasteiger partial charge in [0.05, 0.1) is 32.3 Å². The summed E-state index contributed by atoms with van der Waals surface area (Å²) < 4.78 is 11.8. The minimum Gasteiger partial charge on any atom is -0.456 e. The van der Waals surface area contributed by atoms with E-state index >= 15 is 0 Å². The molecular weight excluding hydrogens is 693 g/mol. The second-order valence-electron chi connectivity index (χ2n) is 14.0. The summed E-state index contributed by atoms with van der Waals surface area (Å²) in [5.41, 5.74) is 4.57. The molecule has 6 rings (SSSR count). The molecule has 4 heterocycles. The lowest BCUT2D eigenvalue weighted by Gasteiger charge is -2.25. The molecule has 0 radical (unpaired) electrons. The maximum Gasteiger partial charge on any atom is 0.338 e. The fraction of sp³-hybridized carbons (Fsp3) is 0.333. The van der Waals surface area contributed by atoms with Crippen molar-refractivity contribution in [3.63, 3.8) is 0 Å². The van der Waals surface area contributed by atoms with Gasteiger partial charge in [-0.3, -0.25) is 0 Å². The summed E-state index contributed by atoms with van der Waals surface area (Å²) in [6, 6.07) is 23.2. The highest BCUT2D eigenvalue weighted by molar-refractivity contribution is 7.27. The lowest BCUT2D eigenvalue weighted by Crippen LogP contribution is -2.28. The summed E-state index contributed by atoms with van der Waals surface area (Å²) in [5.74, 6) is -0.689. The van der Waals surface area contributed by atoms with Gasteiger partial charge in [0.1, 0.15) is 22.2 Å². The SMILES string of the molecule is CCCCC(C)(C)OC(=O)c1ccc(-c2nc3c(-c4cccs4)sc(-c4cccs4)c3nc2-c2ccc(C(=O)OC(C)(C)CCCC)cc2)cc1. The Bertz CT molecular complexity index is 1940. The number of aromatic nitrogens is 2. The number of fused-ring (bicyclic) bond motifs is 1. The first-order valence-corrected chi connectivity index (χ1v) is 20.2. The largest absolute Gasteiger partial charge is 0.456 e. The smallest absolute Gasteiger partial charge is 0.338 e. The first kappa shape index (κ1) is 36.6. The van der Waals surface area contributed by atoms with Crippen molar-refractivity contribution in [3.8, 4) is 42.0 Å². The number of esters is 2. The number of thiophene rings is 3. The number of unbranched alkanes of at least 4 members (excludes halogenated alkanes) is 2. The quantitative estimate of drug-likeness (QED) is 0.104. The van der Waals surface area contributed by atoms with E-state index in [-0.39, 0.29) is 11.9 Å². The Morgan fingerprint density at radius 1 is 0.608 bits per heavy atom. The van der Waals surface area contributed by atoms with E-state index in [1.165, 1.54) is 0 Å². The average molecular weight is 737 g/mol. The molecular formula is C42H44N2O4S3. The van der Waals surface area contributed by atoms with Crippen molar-refractivity contribution in [3.05, 3.63) is 94.7 Å². The van der Waals surface area contributed by atoms with Gasteiger partial charge < -0.3 is 9.47 Å². The van der Waals surface area contributed by atoms with Crippen LogP contribution in [0.2, 0.25) is 0 Å². The molecule has 0 aliphatic heterocycles. The average Bonchev–Trinajstić information content (AvgIpc) is 3.91. The number of rotatable bonds is 14. The minimum absolute atomic E-state index is 0.344. The van der Waals surface area contributed by atoms with Gasteiger partial charge in [-0.15, -0.1) is 34.0 Å². The summed E-state index contributed by atoms with van der Waals surface area (Å²) >= 11 is 5.07. The maximum absolute atomic E-state index is 13.2. The molecule has 4 aromatic heterocycles. The van der Waals surface area contributed by atoms with E-state index in [1.54, 1.807) is 58.3 Å². The Morgan fingerprint density at radius 3 is 1.33 bits per heavy atom. The minimum atomic E-state index is -0.545. The Kier molecular flexibility index (Phi) is 11.2. The predicted molar refractivity (Wildman–Crippen MR) is 213 cm³/mol. The lowest BCUT2D eigenvalue weighted by atomic mass is 10.00. The molecule has 0 spiro atoms. The van der Waals surface area contributed by atoms with Crippen LogP contribution in [0.15, 0.2) is 83.6 Å². The fourth-order valence-electron chi connectivity index (χ4n) is 5.96. The van der Waals surface area contributed by atoms with Crippen LogP contribution in [0.5, 0.6) is 0 Å². The predicted octanol–water partition coefficient (Wildman–Crippen LogP) is 12.7. The number of carbonyl (C=O) groups excluding carboxylic acids is 2. The van der Waals surface area contributed by atoms with Gasteiger partial charge in [0.2, 0.25) is 0 Å². The maximum atomic E-state index is 13.2. The van der Waals surface area contributed by atoms with Gasteiger partial charge in [-0.05, 0) is 101 Å². The summed E-state index contributed by atoms with van der Waals surface area (Å²) in [5, 5.41) is 4.15. The molecule has 0 aliphatic carbocycles. The summed E-state index contributed by atoms with van der Waals surface area (Å²) in [6.07, 6.45) is 5.68. The number of benzene rings is 2. The van der Waals surface area contributed by atoms with E-state index in [9.17, 15) is 9.59 Å². The molecule has 0 saturated carbocycles. The van der Waals surface area contributed by atoms with Crippen molar-refractivity contribution in [1.29, 1.82) is 0 Å². The summed E-state index contributed by atoms with van der Waals surface area (Å²) in [7, 11) is 0. The van der Waals surface area contributed by atoms with Crippen LogP contribution in [-0.4, -0.2) is 33.1 Å². The Labute approximate surface area is 312 Å². The van der Waals surface area contributed by atoms with Crippen LogP contribution in [0.3, 0.4) is 0 Å². The van der Waals surface area contributed by atoms with Crippen molar-refractivity contribution >= 4 is 57.0 Å². The third-order valence-corrected chi connectivity index (χ3v) is 12.1. The molecule has 0 N–H and O–H groups in total. The number of hydrogen-bond donors (Lipinski definition) is 0. The van der Waals surface area contributed by atoms with Gasteiger partial charge in [-0.2, -0.15) is 0 Å². The van der Waals surface area contributed by atoms with Gasteiger partial charge in [0.15, 0.2) is 0 Å². The zero-order valence-corrected chi connectivity index (χ0v) is 32.5. The van der Waals surface area contributed by atoms with Gasteiger partial charge >= 0.3 is 11.9 Å². The Balaban J connectivity index is 1.43. The molecule has 0 bridgehead atoms. The first-order chi connectivity index (χ1) is 24.5. The van der Waals surface area contributed by atoms with Crippen molar-refractivity contribution in [2.45, 2.75) is 91.3 Å². The highest BCUT2D eigenvalue weighted by atomic mass is 32.1. The van der Waals surface area contributed by atoms with Crippen molar-refractivity contribution in [1.82, 2.24) is 9.97 Å². The monoisotopic (exact) mass is 736 g/mol. The number of ether oxygens (including phenoxy) is 2.